The Balaban J connectivity index is 1.42. The molecule has 0 saturated heterocycles. The van der Waals surface area contributed by atoms with Gasteiger partial charge in [-0.15, -0.1) is 0 Å². The van der Waals surface area contributed by atoms with Crippen molar-refractivity contribution in [2.45, 2.75) is 44.8 Å². The molecule has 0 aromatic heterocycles. The van der Waals surface area contributed by atoms with Gasteiger partial charge in [0.15, 0.2) is 0 Å². The molecular formula is C39H39NO4. The van der Waals surface area contributed by atoms with E-state index in [2.05, 4.69) is 79.4 Å². The summed E-state index contributed by atoms with van der Waals surface area (Å²) in [5.74, 6) is 3.29. The summed E-state index contributed by atoms with van der Waals surface area (Å²) in [7, 11) is 1.69. The number of nitrogens with zero attached hydrogens (tertiary/aromatic N) is 1. The monoisotopic (exact) mass is 585 g/mol. The van der Waals surface area contributed by atoms with E-state index in [-0.39, 0.29) is 5.41 Å². The van der Waals surface area contributed by atoms with Crippen molar-refractivity contribution in [3.05, 3.63) is 108 Å². The summed E-state index contributed by atoms with van der Waals surface area (Å²) in [5.41, 5.74) is 2.53. The van der Waals surface area contributed by atoms with Crippen LogP contribution in [0.3, 0.4) is 0 Å². The summed E-state index contributed by atoms with van der Waals surface area (Å²) < 4.78 is 25.5. The molecule has 5 aromatic carbocycles. The Hall–Kier alpha value is -4.64. The van der Waals surface area contributed by atoms with E-state index in [1.165, 1.54) is 22.0 Å². The Morgan fingerprint density at radius 2 is 1.55 bits per heavy atom. The highest BCUT2D eigenvalue weighted by atomic mass is 16.5. The molecule has 0 N–H and O–H groups in total. The third-order valence-corrected chi connectivity index (χ3v) is 9.65. The van der Waals surface area contributed by atoms with Gasteiger partial charge < -0.3 is 23.8 Å². The van der Waals surface area contributed by atoms with Gasteiger partial charge in [0.05, 0.1) is 25.7 Å². The molecule has 2 heterocycles. The standard InChI is InChI=1S/C39H39NO4/c1-5-38(6-2)37-30-16-12-11-13-27(30)17-20-34(37)40(23-24-43-28-14-9-8-10-15-28)39(38)22-21-32-31-19-18-29(41-4)25-33(31)35(42-7-3)26-36(32)44-39/h8-22,25-26H,5-7,23-24H2,1-4H3. The molecular weight excluding hydrogens is 546 g/mol. The number of methoxy groups -OCH3 is 1. The molecule has 0 radical (unpaired) electrons. The van der Waals surface area contributed by atoms with E-state index in [0.29, 0.717) is 19.8 Å². The van der Waals surface area contributed by atoms with Crippen molar-refractivity contribution in [2.24, 2.45) is 0 Å². The second kappa shape index (κ2) is 11.1. The van der Waals surface area contributed by atoms with Crippen molar-refractivity contribution in [1.82, 2.24) is 0 Å². The fraction of sp³-hybridized carbons (Fsp3) is 0.282. The van der Waals surface area contributed by atoms with Crippen LogP contribution in [-0.4, -0.2) is 32.6 Å². The van der Waals surface area contributed by atoms with Crippen molar-refractivity contribution < 1.29 is 18.9 Å². The molecule has 0 amide bonds. The van der Waals surface area contributed by atoms with Crippen LogP contribution < -0.4 is 23.8 Å². The fourth-order valence-corrected chi connectivity index (χ4v) is 7.60. The summed E-state index contributed by atoms with van der Waals surface area (Å²) in [4.78, 5) is 2.45. The van der Waals surface area contributed by atoms with Gasteiger partial charge >= 0.3 is 0 Å². The average molecular weight is 586 g/mol. The normalized spacial score (nSPS) is 17.9. The van der Waals surface area contributed by atoms with Crippen molar-refractivity contribution in [3.8, 4) is 23.0 Å². The molecule has 5 nitrogen and oxygen atoms in total. The zero-order valence-electron chi connectivity index (χ0n) is 25.9. The molecule has 1 unspecified atom stereocenters. The molecule has 1 spiro atoms. The van der Waals surface area contributed by atoms with E-state index in [9.17, 15) is 0 Å². The predicted octanol–water partition coefficient (Wildman–Crippen LogP) is 9.16. The average Bonchev–Trinajstić information content (AvgIpc) is 3.29. The lowest BCUT2D eigenvalue weighted by Gasteiger charge is -2.49. The van der Waals surface area contributed by atoms with Crippen LogP contribution in [0.5, 0.6) is 23.0 Å². The minimum atomic E-state index is -0.764. The lowest BCUT2D eigenvalue weighted by Crippen LogP contribution is -2.62. The summed E-state index contributed by atoms with van der Waals surface area (Å²) in [5, 5.41) is 4.62. The summed E-state index contributed by atoms with van der Waals surface area (Å²) in [6.45, 7) is 8.34. The second-order valence-corrected chi connectivity index (χ2v) is 11.5. The van der Waals surface area contributed by atoms with E-state index < -0.39 is 5.72 Å². The summed E-state index contributed by atoms with van der Waals surface area (Å²) >= 11 is 0. The van der Waals surface area contributed by atoms with Crippen LogP contribution >= 0.6 is 0 Å². The smallest absolute Gasteiger partial charge is 0.212 e. The highest BCUT2D eigenvalue weighted by molar-refractivity contribution is 6.00. The molecule has 2 aliphatic rings. The highest BCUT2D eigenvalue weighted by Crippen LogP contribution is 2.60. The SMILES string of the molecule is CCOc1cc2c(c3ccc(OC)cc13)C=CC1(O2)N(CCOc2ccccc2)c2ccc3ccccc3c2C1(CC)CC. The van der Waals surface area contributed by atoms with Crippen LogP contribution in [-0.2, 0) is 5.41 Å². The van der Waals surface area contributed by atoms with Crippen LogP contribution in [0.4, 0.5) is 5.69 Å². The van der Waals surface area contributed by atoms with E-state index >= 15 is 0 Å². The molecule has 0 saturated carbocycles. The molecule has 7 rings (SSSR count). The van der Waals surface area contributed by atoms with Gasteiger partial charge in [-0.25, -0.2) is 0 Å². The zero-order valence-corrected chi connectivity index (χ0v) is 25.9. The van der Waals surface area contributed by atoms with Crippen LogP contribution in [0.1, 0.15) is 44.7 Å². The van der Waals surface area contributed by atoms with Crippen molar-refractivity contribution in [1.29, 1.82) is 0 Å². The molecule has 0 fully saturated rings. The Morgan fingerprint density at radius 3 is 2.32 bits per heavy atom. The largest absolute Gasteiger partial charge is 0.497 e. The maximum absolute atomic E-state index is 7.45. The van der Waals surface area contributed by atoms with Gasteiger partial charge in [0.1, 0.15) is 29.6 Å². The third-order valence-electron chi connectivity index (χ3n) is 9.65. The van der Waals surface area contributed by atoms with Gasteiger partial charge in [-0.05, 0) is 90.0 Å². The van der Waals surface area contributed by atoms with Crippen LogP contribution in [0.25, 0.3) is 27.6 Å². The van der Waals surface area contributed by atoms with Gasteiger partial charge in [0, 0.05) is 22.7 Å². The maximum atomic E-state index is 7.45. The van der Waals surface area contributed by atoms with Gasteiger partial charge in [-0.3, -0.25) is 0 Å². The Bertz CT molecular complexity index is 1860. The maximum Gasteiger partial charge on any atom is 0.212 e. The molecule has 1 atom stereocenters. The molecule has 224 valence electrons. The summed E-state index contributed by atoms with van der Waals surface area (Å²) in [6, 6.07) is 31.5. The first-order valence-corrected chi connectivity index (χ1v) is 15.7. The van der Waals surface area contributed by atoms with Crippen LogP contribution in [0, 0.1) is 0 Å². The van der Waals surface area contributed by atoms with E-state index in [1.54, 1.807) is 7.11 Å². The first-order valence-electron chi connectivity index (χ1n) is 15.7. The van der Waals surface area contributed by atoms with Gasteiger partial charge in [-0.2, -0.15) is 0 Å². The minimum absolute atomic E-state index is 0.315. The third kappa shape index (κ3) is 4.13. The molecule has 5 aromatic rings. The first kappa shape index (κ1) is 28.1. The first-order chi connectivity index (χ1) is 21.6. The number of hydrogen-bond donors (Lipinski definition) is 0. The molecule has 2 aliphatic heterocycles. The van der Waals surface area contributed by atoms with Gasteiger partial charge in [0.2, 0.25) is 5.72 Å². The molecule has 44 heavy (non-hydrogen) atoms. The second-order valence-electron chi connectivity index (χ2n) is 11.5. The zero-order chi connectivity index (χ0) is 30.3. The van der Waals surface area contributed by atoms with E-state index in [4.69, 9.17) is 18.9 Å². The van der Waals surface area contributed by atoms with Crippen LogP contribution in [0.2, 0.25) is 0 Å². The number of fused-ring (bicyclic) bond motifs is 6. The topological polar surface area (TPSA) is 40.2 Å². The number of benzene rings is 5. The lowest BCUT2D eigenvalue weighted by molar-refractivity contribution is 0.0292. The van der Waals surface area contributed by atoms with Crippen molar-refractivity contribution in [2.75, 3.05) is 31.8 Å². The number of ether oxygens (including phenoxy) is 4. The Morgan fingerprint density at radius 1 is 0.750 bits per heavy atom. The van der Waals surface area contributed by atoms with E-state index in [1.807, 2.05) is 49.4 Å². The predicted molar refractivity (Wildman–Crippen MR) is 180 cm³/mol. The van der Waals surface area contributed by atoms with Crippen molar-refractivity contribution >= 4 is 33.3 Å². The molecule has 0 bridgehead atoms. The fourth-order valence-electron chi connectivity index (χ4n) is 7.60. The number of para-hydroxylation sites is 1. The summed E-state index contributed by atoms with van der Waals surface area (Å²) in [6.07, 6.45) is 6.39. The number of anilines is 1. The quantitative estimate of drug-likeness (QED) is 0.173. The van der Waals surface area contributed by atoms with Gasteiger partial charge in [0.25, 0.3) is 0 Å². The molecule has 5 heteroatoms. The Kier molecular flexibility index (Phi) is 7.12. The Labute approximate surface area is 259 Å². The minimum Gasteiger partial charge on any atom is -0.497 e. The number of rotatable bonds is 9. The highest BCUT2D eigenvalue weighted by Gasteiger charge is 2.62. The molecule has 0 aliphatic carbocycles. The van der Waals surface area contributed by atoms with Crippen LogP contribution in [0.15, 0.2) is 97.1 Å². The lowest BCUT2D eigenvalue weighted by atomic mass is 9.68. The number of hydrogen-bond acceptors (Lipinski definition) is 5. The van der Waals surface area contributed by atoms with Crippen molar-refractivity contribution in [3.63, 3.8) is 0 Å². The van der Waals surface area contributed by atoms with Gasteiger partial charge in [-0.1, -0.05) is 62.4 Å². The van der Waals surface area contributed by atoms with E-state index in [0.717, 1.165) is 52.2 Å².